The molecule has 1 aliphatic rings. The minimum Gasteiger partial charge on any atom is -0.367 e. The molecule has 0 aromatic heterocycles. The number of benzene rings is 2. The minimum atomic E-state index is -3.84. The highest BCUT2D eigenvalue weighted by Crippen LogP contribution is 2.31. The first kappa shape index (κ1) is 24.1. The topological polar surface area (TPSA) is 90.5 Å². The first-order valence-electron chi connectivity index (χ1n) is 11.1. The highest BCUT2D eigenvalue weighted by Gasteiger charge is 2.23. The van der Waals surface area contributed by atoms with E-state index in [1.807, 2.05) is 39.8 Å². The smallest absolute Gasteiger partial charge is 0.262 e. The molecule has 3 N–H and O–H groups in total. The molecule has 0 atom stereocenters. The third kappa shape index (κ3) is 5.61. The summed E-state index contributed by atoms with van der Waals surface area (Å²) in [5.74, 6) is 0.109. The molecule has 0 spiro atoms. The van der Waals surface area contributed by atoms with E-state index in [1.165, 1.54) is 0 Å². The lowest BCUT2D eigenvalue weighted by Crippen LogP contribution is -2.43. The molecule has 0 radical (unpaired) electrons. The molecule has 2 aromatic rings. The first-order valence-corrected chi connectivity index (χ1v) is 12.6. The number of hydrogen-bond donors (Lipinski definition) is 3. The van der Waals surface area contributed by atoms with Crippen LogP contribution in [-0.2, 0) is 10.0 Å². The van der Waals surface area contributed by atoms with Crippen molar-refractivity contribution >= 4 is 27.3 Å². The largest absolute Gasteiger partial charge is 0.367 e. The predicted octanol–water partition coefficient (Wildman–Crippen LogP) is 3.21. The number of carbonyl (C=O) groups excluding carboxylic acids is 1. The Kier molecular flexibility index (Phi) is 7.46. The lowest BCUT2D eigenvalue weighted by atomic mass is 10.1. The second kappa shape index (κ2) is 9.92. The number of amides is 1. The van der Waals surface area contributed by atoms with Gasteiger partial charge in [-0.2, -0.15) is 0 Å². The first-order chi connectivity index (χ1) is 15.1. The second-order valence-electron chi connectivity index (χ2n) is 8.88. The molecule has 1 heterocycles. The van der Waals surface area contributed by atoms with E-state index in [0.29, 0.717) is 29.3 Å². The quantitative estimate of drug-likeness (QED) is 0.593. The number of piperazine rings is 1. The van der Waals surface area contributed by atoms with E-state index in [1.54, 1.807) is 25.1 Å². The van der Waals surface area contributed by atoms with Gasteiger partial charge in [0.05, 0.1) is 16.3 Å². The lowest BCUT2D eigenvalue weighted by Gasteiger charge is -2.31. The molecular weight excluding hydrogens is 424 g/mol. The normalized spacial score (nSPS) is 14.5. The Labute approximate surface area is 191 Å². The van der Waals surface area contributed by atoms with Gasteiger partial charge in [0.2, 0.25) is 0 Å². The molecule has 32 heavy (non-hydrogen) atoms. The summed E-state index contributed by atoms with van der Waals surface area (Å²) in [7, 11) is -3.84. The Hall–Kier alpha value is -2.58. The molecule has 1 saturated heterocycles. The van der Waals surface area contributed by atoms with Crippen LogP contribution in [0.1, 0.15) is 40.9 Å². The van der Waals surface area contributed by atoms with Crippen LogP contribution in [0.25, 0.3) is 0 Å². The molecule has 174 valence electrons. The van der Waals surface area contributed by atoms with Gasteiger partial charge in [0, 0.05) is 38.3 Å². The molecule has 0 bridgehead atoms. The Morgan fingerprint density at radius 1 is 1.03 bits per heavy atom. The third-order valence-electron chi connectivity index (χ3n) is 5.71. The summed E-state index contributed by atoms with van der Waals surface area (Å²) >= 11 is 0. The van der Waals surface area contributed by atoms with Crippen LogP contribution in [0.5, 0.6) is 0 Å². The van der Waals surface area contributed by atoms with Gasteiger partial charge in [-0.15, -0.1) is 0 Å². The van der Waals surface area contributed by atoms with Gasteiger partial charge < -0.3 is 15.5 Å². The zero-order chi connectivity index (χ0) is 23.5. The van der Waals surface area contributed by atoms with Gasteiger partial charge in [0.15, 0.2) is 0 Å². The Morgan fingerprint density at radius 3 is 2.34 bits per heavy atom. The second-order valence-corrected chi connectivity index (χ2v) is 10.5. The summed E-state index contributed by atoms with van der Waals surface area (Å²) in [4.78, 5) is 15.0. The van der Waals surface area contributed by atoms with Crippen LogP contribution in [0, 0.1) is 26.7 Å². The van der Waals surface area contributed by atoms with Crippen molar-refractivity contribution in [3.05, 3.63) is 52.6 Å². The Balaban J connectivity index is 2.00. The maximum absolute atomic E-state index is 13.4. The van der Waals surface area contributed by atoms with Crippen LogP contribution >= 0.6 is 0 Å². The van der Waals surface area contributed by atoms with E-state index in [4.69, 9.17) is 0 Å². The van der Waals surface area contributed by atoms with Crippen molar-refractivity contribution in [1.82, 2.24) is 10.6 Å². The molecule has 0 saturated carbocycles. The van der Waals surface area contributed by atoms with Crippen molar-refractivity contribution < 1.29 is 13.2 Å². The molecule has 8 heteroatoms. The molecule has 1 aliphatic heterocycles. The average molecular weight is 459 g/mol. The summed E-state index contributed by atoms with van der Waals surface area (Å²) in [6.07, 6.45) is 0. The third-order valence-corrected chi connectivity index (χ3v) is 7.22. The van der Waals surface area contributed by atoms with Gasteiger partial charge in [0.25, 0.3) is 15.9 Å². The molecule has 3 rings (SSSR count). The van der Waals surface area contributed by atoms with E-state index in [2.05, 4.69) is 20.3 Å². The van der Waals surface area contributed by atoms with Gasteiger partial charge in [-0.05, 0) is 67.6 Å². The van der Waals surface area contributed by atoms with Gasteiger partial charge in [-0.1, -0.05) is 19.9 Å². The molecule has 7 nitrogen and oxygen atoms in total. The van der Waals surface area contributed by atoms with E-state index < -0.39 is 10.0 Å². The van der Waals surface area contributed by atoms with Gasteiger partial charge in [-0.3, -0.25) is 9.52 Å². The maximum Gasteiger partial charge on any atom is 0.262 e. The van der Waals surface area contributed by atoms with Crippen LogP contribution in [0.15, 0.2) is 35.2 Å². The Bertz CT molecular complexity index is 1090. The van der Waals surface area contributed by atoms with E-state index in [9.17, 15) is 13.2 Å². The summed E-state index contributed by atoms with van der Waals surface area (Å²) in [5, 5.41) is 6.21. The van der Waals surface area contributed by atoms with E-state index in [-0.39, 0.29) is 10.8 Å². The average Bonchev–Trinajstić information content (AvgIpc) is 2.74. The summed E-state index contributed by atoms with van der Waals surface area (Å²) in [5.41, 5.74) is 4.28. The van der Waals surface area contributed by atoms with Gasteiger partial charge in [-0.25, -0.2) is 8.42 Å². The SMILES string of the molecule is Cc1cc(C)c(S(=O)(=O)Nc2cc(C(=O)NCC(C)C)ccc2N2CCNCC2)cc1C. The molecule has 2 aromatic carbocycles. The maximum atomic E-state index is 13.4. The summed E-state index contributed by atoms with van der Waals surface area (Å²) in [6, 6.07) is 8.82. The molecule has 1 amide bonds. The predicted molar refractivity (Wildman–Crippen MR) is 130 cm³/mol. The summed E-state index contributed by atoms with van der Waals surface area (Å²) in [6.45, 7) is 13.4. The Morgan fingerprint density at radius 2 is 1.69 bits per heavy atom. The van der Waals surface area contributed by atoms with Crippen molar-refractivity contribution in [2.24, 2.45) is 5.92 Å². The minimum absolute atomic E-state index is 0.214. The van der Waals surface area contributed by atoms with Crippen molar-refractivity contribution in [2.45, 2.75) is 39.5 Å². The fourth-order valence-corrected chi connectivity index (χ4v) is 5.14. The van der Waals surface area contributed by atoms with E-state index in [0.717, 1.165) is 43.0 Å². The number of carbonyl (C=O) groups is 1. The summed E-state index contributed by atoms with van der Waals surface area (Å²) < 4.78 is 29.5. The fourth-order valence-electron chi connectivity index (χ4n) is 3.76. The molecule has 0 unspecified atom stereocenters. The highest BCUT2D eigenvalue weighted by atomic mass is 32.2. The van der Waals surface area contributed by atoms with Crippen LogP contribution in [-0.4, -0.2) is 47.0 Å². The molecule has 1 fully saturated rings. The van der Waals surface area contributed by atoms with Crippen molar-refractivity contribution in [3.8, 4) is 0 Å². The van der Waals surface area contributed by atoms with Gasteiger partial charge in [0.1, 0.15) is 0 Å². The number of nitrogens with one attached hydrogen (secondary N) is 3. The molecular formula is C24H34N4O3S. The monoisotopic (exact) mass is 458 g/mol. The number of hydrogen-bond acceptors (Lipinski definition) is 5. The van der Waals surface area contributed by atoms with Crippen molar-refractivity contribution in [2.75, 3.05) is 42.3 Å². The number of nitrogens with zero attached hydrogens (tertiary/aromatic N) is 1. The number of sulfonamides is 1. The van der Waals surface area contributed by atoms with Crippen LogP contribution in [0.2, 0.25) is 0 Å². The van der Waals surface area contributed by atoms with Crippen molar-refractivity contribution in [1.29, 1.82) is 0 Å². The number of anilines is 2. The van der Waals surface area contributed by atoms with Crippen LogP contribution < -0.4 is 20.3 Å². The zero-order valence-corrected chi connectivity index (χ0v) is 20.4. The van der Waals surface area contributed by atoms with E-state index >= 15 is 0 Å². The standard InChI is InChI=1S/C24H34N4O3S/c1-16(2)15-26-24(29)20-6-7-22(28-10-8-25-9-11-28)21(14-20)27-32(30,31)23-13-18(4)17(3)12-19(23)5/h6-7,12-14,16,25,27H,8-11,15H2,1-5H3,(H,26,29). The molecule has 0 aliphatic carbocycles. The van der Waals surface area contributed by atoms with Crippen LogP contribution in [0.4, 0.5) is 11.4 Å². The van der Waals surface area contributed by atoms with Crippen LogP contribution in [0.3, 0.4) is 0 Å². The highest BCUT2D eigenvalue weighted by molar-refractivity contribution is 7.92. The van der Waals surface area contributed by atoms with Gasteiger partial charge >= 0.3 is 0 Å². The number of rotatable bonds is 7. The lowest BCUT2D eigenvalue weighted by molar-refractivity contribution is 0.0949. The van der Waals surface area contributed by atoms with Crippen molar-refractivity contribution in [3.63, 3.8) is 0 Å². The zero-order valence-electron chi connectivity index (χ0n) is 19.6. The number of aryl methyl sites for hydroxylation is 3. The fraction of sp³-hybridized carbons (Fsp3) is 0.458.